The number of aromatic carboxylic acids is 1. The van der Waals surface area contributed by atoms with E-state index in [1.807, 2.05) is 24.0 Å². The van der Waals surface area contributed by atoms with Crippen molar-refractivity contribution in [3.05, 3.63) is 59.2 Å². The van der Waals surface area contributed by atoms with Crippen molar-refractivity contribution in [1.29, 1.82) is 5.26 Å². The van der Waals surface area contributed by atoms with E-state index >= 15 is 0 Å². The topological polar surface area (TPSA) is 96.7 Å². The van der Waals surface area contributed by atoms with E-state index in [0.717, 1.165) is 25.2 Å². The maximum Gasteiger partial charge on any atom is 0.337 e. The van der Waals surface area contributed by atoms with E-state index in [9.17, 15) is 14.7 Å². The summed E-state index contributed by atoms with van der Waals surface area (Å²) in [6.45, 7) is 5.61. The van der Waals surface area contributed by atoms with Gasteiger partial charge in [-0.1, -0.05) is 17.7 Å². The average molecular weight is 392 g/mol. The number of anilines is 2. The number of aryl methyl sites for hydroxylation is 1. The summed E-state index contributed by atoms with van der Waals surface area (Å²) in [5.74, 6) is -1.30. The third-order valence-corrected chi connectivity index (χ3v) is 5.02. The van der Waals surface area contributed by atoms with Crippen molar-refractivity contribution in [2.45, 2.75) is 13.3 Å². The lowest BCUT2D eigenvalue weighted by atomic mass is 10.1. The first-order valence-corrected chi connectivity index (χ1v) is 9.57. The third-order valence-electron chi connectivity index (χ3n) is 5.02. The molecule has 0 radical (unpaired) electrons. The standard InChI is InChI=1S/C22H24N4O3/c1-16-4-2-5-17(14-16)21(27)24-18-6-7-20(19(15-18)22(28)29)26-12-10-25(11-13-26)9-3-8-23/h2,4-7,14-15H,3,9-13H2,1H3,(H,24,27)(H,28,29). The van der Waals surface area contributed by atoms with Gasteiger partial charge in [0, 0.05) is 50.4 Å². The fraction of sp³-hybridized carbons (Fsp3) is 0.318. The maximum absolute atomic E-state index is 12.5. The molecule has 0 atom stereocenters. The average Bonchev–Trinajstić information content (AvgIpc) is 2.72. The normalized spacial score (nSPS) is 14.3. The zero-order valence-electron chi connectivity index (χ0n) is 16.4. The van der Waals surface area contributed by atoms with Crippen LogP contribution in [0.4, 0.5) is 11.4 Å². The lowest BCUT2D eigenvalue weighted by Gasteiger charge is -2.36. The molecule has 150 valence electrons. The van der Waals surface area contributed by atoms with Crippen LogP contribution < -0.4 is 10.2 Å². The Kier molecular flexibility index (Phi) is 6.47. The SMILES string of the molecule is Cc1cccc(C(=O)Nc2ccc(N3CCN(CCC#N)CC3)c(C(=O)O)c2)c1. The number of carbonyl (C=O) groups excluding carboxylic acids is 1. The van der Waals surface area contributed by atoms with Crippen LogP contribution in [0, 0.1) is 18.3 Å². The Balaban J connectivity index is 1.73. The van der Waals surface area contributed by atoms with Crippen molar-refractivity contribution in [3.8, 4) is 6.07 Å². The molecule has 3 rings (SSSR count). The summed E-state index contributed by atoms with van der Waals surface area (Å²) in [6, 6.07) is 14.4. The van der Waals surface area contributed by atoms with Crippen molar-refractivity contribution < 1.29 is 14.7 Å². The van der Waals surface area contributed by atoms with Gasteiger partial charge in [-0.3, -0.25) is 9.69 Å². The summed E-state index contributed by atoms with van der Waals surface area (Å²) in [7, 11) is 0. The number of amides is 1. The first-order chi connectivity index (χ1) is 14.0. The van der Waals surface area contributed by atoms with Gasteiger partial charge in [-0.05, 0) is 37.3 Å². The Labute approximate surface area is 170 Å². The van der Waals surface area contributed by atoms with Crippen molar-refractivity contribution in [1.82, 2.24) is 4.90 Å². The zero-order chi connectivity index (χ0) is 20.8. The molecule has 7 heteroatoms. The number of nitrogens with one attached hydrogen (secondary N) is 1. The van der Waals surface area contributed by atoms with Gasteiger partial charge in [0.25, 0.3) is 5.91 Å². The molecule has 1 heterocycles. The maximum atomic E-state index is 12.5. The highest BCUT2D eigenvalue weighted by molar-refractivity contribution is 6.05. The van der Waals surface area contributed by atoms with Crippen LogP contribution in [0.1, 0.15) is 32.7 Å². The first kappa shape index (κ1) is 20.4. The van der Waals surface area contributed by atoms with Crippen molar-refractivity contribution in [3.63, 3.8) is 0 Å². The molecular formula is C22H24N4O3. The third kappa shape index (κ3) is 5.12. The van der Waals surface area contributed by atoms with Crippen molar-refractivity contribution >= 4 is 23.3 Å². The monoisotopic (exact) mass is 392 g/mol. The number of hydrogen-bond donors (Lipinski definition) is 2. The van der Waals surface area contributed by atoms with Gasteiger partial charge in [0.15, 0.2) is 0 Å². The molecule has 1 amide bonds. The lowest BCUT2D eigenvalue weighted by Crippen LogP contribution is -2.47. The molecule has 0 spiro atoms. The largest absolute Gasteiger partial charge is 0.478 e. The van der Waals surface area contributed by atoms with Crippen LogP contribution in [0.25, 0.3) is 0 Å². The summed E-state index contributed by atoms with van der Waals surface area (Å²) in [6.07, 6.45) is 0.496. The highest BCUT2D eigenvalue weighted by Gasteiger charge is 2.22. The molecule has 2 aromatic rings. The van der Waals surface area contributed by atoms with Gasteiger partial charge in [0.2, 0.25) is 0 Å². The molecule has 2 aromatic carbocycles. The number of carboxylic acid groups (broad SMARTS) is 1. The summed E-state index contributed by atoms with van der Waals surface area (Å²) in [4.78, 5) is 28.5. The summed E-state index contributed by atoms with van der Waals surface area (Å²) < 4.78 is 0. The van der Waals surface area contributed by atoms with E-state index in [0.29, 0.717) is 36.4 Å². The van der Waals surface area contributed by atoms with Gasteiger partial charge >= 0.3 is 5.97 Å². The Morgan fingerprint density at radius 2 is 1.90 bits per heavy atom. The van der Waals surface area contributed by atoms with Gasteiger partial charge in [-0.15, -0.1) is 0 Å². The summed E-state index contributed by atoms with van der Waals surface area (Å²) >= 11 is 0. The minimum absolute atomic E-state index is 0.164. The molecule has 0 bridgehead atoms. The second kappa shape index (κ2) is 9.22. The molecule has 2 N–H and O–H groups in total. The van der Waals surface area contributed by atoms with Crippen LogP contribution in [0.15, 0.2) is 42.5 Å². The number of piperazine rings is 1. The second-order valence-electron chi connectivity index (χ2n) is 7.10. The number of nitriles is 1. The Morgan fingerprint density at radius 3 is 2.55 bits per heavy atom. The first-order valence-electron chi connectivity index (χ1n) is 9.57. The van der Waals surface area contributed by atoms with E-state index in [4.69, 9.17) is 5.26 Å². The van der Waals surface area contributed by atoms with Gasteiger partial charge in [-0.2, -0.15) is 5.26 Å². The smallest absolute Gasteiger partial charge is 0.337 e. The highest BCUT2D eigenvalue weighted by Crippen LogP contribution is 2.26. The Bertz CT molecular complexity index is 943. The predicted octanol–water partition coefficient (Wildman–Crippen LogP) is 2.98. The number of carboxylic acids is 1. The molecule has 7 nitrogen and oxygen atoms in total. The molecule has 1 aliphatic heterocycles. The van der Waals surface area contributed by atoms with Crippen LogP contribution >= 0.6 is 0 Å². The lowest BCUT2D eigenvalue weighted by molar-refractivity contribution is 0.0697. The number of nitrogens with zero attached hydrogens (tertiary/aromatic N) is 3. The van der Waals surface area contributed by atoms with E-state index in [-0.39, 0.29) is 11.5 Å². The van der Waals surface area contributed by atoms with Crippen molar-refractivity contribution in [2.24, 2.45) is 0 Å². The zero-order valence-corrected chi connectivity index (χ0v) is 16.4. The molecule has 0 unspecified atom stereocenters. The van der Waals surface area contributed by atoms with E-state index in [1.165, 1.54) is 6.07 Å². The van der Waals surface area contributed by atoms with Crippen molar-refractivity contribution in [2.75, 3.05) is 42.9 Å². The van der Waals surface area contributed by atoms with Gasteiger partial charge in [0.05, 0.1) is 17.3 Å². The summed E-state index contributed by atoms with van der Waals surface area (Å²) in [5.41, 5.74) is 2.77. The molecular weight excluding hydrogens is 368 g/mol. The minimum Gasteiger partial charge on any atom is -0.478 e. The predicted molar refractivity (Wildman–Crippen MR) is 111 cm³/mol. The van der Waals surface area contributed by atoms with Gasteiger partial charge < -0.3 is 15.3 Å². The van der Waals surface area contributed by atoms with Crippen LogP contribution in [0.5, 0.6) is 0 Å². The van der Waals surface area contributed by atoms with E-state index < -0.39 is 5.97 Å². The Hall–Kier alpha value is -3.37. The Morgan fingerprint density at radius 1 is 1.14 bits per heavy atom. The summed E-state index contributed by atoms with van der Waals surface area (Å²) in [5, 5.41) is 21.2. The number of hydrogen-bond acceptors (Lipinski definition) is 5. The quantitative estimate of drug-likeness (QED) is 0.785. The van der Waals surface area contributed by atoms with Crippen LogP contribution in [-0.4, -0.2) is 54.6 Å². The van der Waals surface area contributed by atoms with Crippen LogP contribution in [0.3, 0.4) is 0 Å². The second-order valence-corrected chi connectivity index (χ2v) is 7.10. The highest BCUT2D eigenvalue weighted by atomic mass is 16.4. The van der Waals surface area contributed by atoms with E-state index in [1.54, 1.807) is 24.3 Å². The van der Waals surface area contributed by atoms with Gasteiger partial charge in [0.1, 0.15) is 0 Å². The fourth-order valence-electron chi connectivity index (χ4n) is 3.47. The number of carbonyl (C=O) groups is 2. The number of rotatable bonds is 6. The molecule has 0 aromatic heterocycles. The molecule has 0 saturated carbocycles. The van der Waals surface area contributed by atoms with Crippen LogP contribution in [0.2, 0.25) is 0 Å². The number of benzene rings is 2. The molecule has 1 saturated heterocycles. The molecule has 0 aliphatic carbocycles. The fourth-order valence-corrected chi connectivity index (χ4v) is 3.47. The van der Waals surface area contributed by atoms with E-state index in [2.05, 4.69) is 16.3 Å². The molecule has 1 fully saturated rings. The minimum atomic E-state index is -1.03. The molecule has 29 heavy (non-hydrogen) atoms. The molecule has 1 aliphatic rings. The van der Waals surface area contributed by atoms with Crippen LogP contribution in [-0.2, 0) is 0 Å². The van der Waals surface area contributed by atoms with Gasteiger partial charge in [-0.25, -0.2) is 4.79 Å².